The average Bonchev–Trinajstić information content (AvgIpc) is 2.37. The summed E-state index contributed by atoms with van der Waals surface area (Å²) in [5.41, 5.74) is 0.956. The van der Waals surface area contributed by atoms with Gasteiger partial charge in [0.1, 0.15) is 0 Å². The second kappa shape index (κ2) is 5.80. The summed E-state index contributed by atoms with van der Waals surface area (Å²) in [6.45, 7) is 1.86. The number of rotatable bonds is 5. The molecule has 0 saturated heterocycles. The third-order valence-electron chi connectivity index (χ3n) is 2.28. The van der Waals surface area contributed by atoms with Crippen LogP contribution in [0, 0.1) is 6.92 Å². The molecular formula is C11H15O5PS. The molecule has 0 heterocycles. The van der Waals surface area contributed by atoms with E-state index in [4.69, 9.17) is 0 Å². The summed E-state index contributed by atoms with van der Waals surface area (Å²) < 4.78 is 44.7. The van der Waals surface area contributed by atoms with Crippen molar-refractivity contribution in [2.45, 2.75) is 11.8 Å². The summed E-state index contributed by atoms with van der Waals surface area (Å²) in [5.74, 6) is 0.933. The maximum atomic E-state index is 11.9. The lowest BCUT2D eigenvalue weighted by Gasteiger charge is -2.07. The van der Waals surface area contributed by atoms with Gasteiger partial charge in [0.25, 0.3) is 0 Å². The zero-order chi connectivity index (χ0) is 13.8. The topological polar surface area (TPSA) is 69.7 Å². The van der Waals surface area contributed by atoms with Gasteiger partial charge in [-0.1, -0.05) is 17.7 Å². The number of hydrogen-bond donors (Lipinski definition) is 0. The third kappa shape index (κ3) is 3.78. The summed E-state index contributed by atoms with van der Waals surface area (Å²) in [6, 6.07) is 6.35. The van der Waals surface area contributed by atoms with Crippen LogP contribution in [0.25, 0.3) is 0 Å². The summed E-state index contributed by atoms with van der Waals surface area (Å²) in [6.07, 6.45) is 0. The lowest BCUT2D eigenvalue weighted by Crippen LogP contribution is -1.96. The van der Waals surface area contributed by atoms with Crippen molar-refractivity contribution in [3.05, 3.63) is 41.1 Å². The van der Waals surface area contributed by atoms with Crippen LogP contribution < -0.4 is 0 Å². The summed E-state index contributed by atoms with van der Waals surface area (Å²) in [4.78, 5) is 0.128. The minimum absolute atomic E-state index is 0.128. The predicted molar refractivity (Wildman–Crippen MR) is 69.1 cm³/mol. The van der Waals surface area contributed by atoms with Gasteiger partial charge in [-0.15, -0.1) is 0 Å². The Kier molecular flexibility index (Phi) is 4.87. The van der Waals surface area contributed by atoms with Crippen molar-refractivity contribution in [1.82, 2.24) is 0 Å². The monoisotopic (exact) mass is 290 g/mol. The molecule has 0 fully saturated rings. The molecule has 1 aromatic carbocycles. The molecule has 0 radical (unpaired) electrons. The maximum absolute atomic E-state index is 11.9. The fourth-order valence-electron chi connectivity index (χ4n) is 1.16. The van der Waals surface area contributed by atoms with E-state index in [0.29, 0.717) is 0 Å². The zero-order valence-electron chi connectivity index (χ0n) is 10.4. The Hall–Kier alpha value is -0.940. The SMILES string of the molecule is COP(=O)(C=CS(=O)(=O)c1ccc(C)cc1)OC. The van der Waals surface area contributed by atoms with Crippen LogP contribution in [0.2, 0.25) is 0 Å². The molecule has 7 heteroatoms. The molecule has 0 aliphatic carbocycles. The van der Waals surface area contributed by atoms with E-state index in [1.807, 2.05) is 6.92 Å². The second-order valence-electron chi connectivity index (χ2n) is 3.55. The zero-order valence-corrected chi connectivity index (χ0v) is 12.1. The van der Waals surface area contributed by atoms with Crippen LogP contribution >= 0.6 is 7.60 Å². The van der Waals surface area contributed by atoms with Crippen LogP contribution in [0.4, 0.5) is 0 Å². The normalized spacial score (nSPS) is 13.1. The Bertz CT molecular complexity index is 566. The molecule has 18 heavy (non-hydrogen) atoms. The van der Waals surface area contributed by atoms with Crippen LogP contribution in [0.15, 0.2) is 40.4 Å². The molecule has 100 valence electrons. The van der Waals surface area contributed by atoms with Crippen molar-refractivity contribution in [3.63, 3.8) is 0 Å². The predicted octanol–water partition coefficient (Wildman–Crippen LogP) is 2.73. The number of aryl methyl sites for hydroxylation is 1. The molecule has 1 aromatic rings. The van der Waals surface area contributed by atoms with Gasteiger partial charge in [-0.2, -0.15) is 0 Å². The van der Waals surface area contributed by atoms with Crippen LogP contribution in [0.3, 0.4) is 0 Å². The molecule has 0 saturated carbocycles. The van der Waals surface area contributed by atoms with E-state index in [9.17, 15) is 13.0 Å². The fourth-order valence-corrected chi connectivity index (χ4v) is 3.46. The average molecular weight is 290 g/mol. The molecule has 0 bridgehead atoms. The fraction of sp³-hybridized carbons (Fsp3) is 0.273. The first kappa shape index (κ1) is 15.1. The first-order valence-corrected chi connectivity index (χ1v) is 8.21. The van der Waals surface area contributed by atoms with Gasteiger partial charge in [-0.3, -0.25) is 4.57 Å². The van der Waals surface area contributed by atoms with E-state index in [-0.39, 0.29) is 4.90 Å². The standard InChI is InChI=1S/C11H15O5PS/c1-10-4-6-11(7-5-10)18(13,14)9-8-17(12,15-2)16-3/h4-9H,1-3H3. The van der Waals surface area contributed by atoms with Gasteiger partial charge in [0, 0.05) is 25.4 Å². The molecule has 0 aliphatic heterocycles. The van der Waals surface area contributed by atoms with Crippen LogP contribution in [0.5, 0.6) is 0 Å². The smallest absolute Gasteiger partial charge is 0.309 e. The molecule has 5 nitrogen and oxygen atoms in total. The Morgan fingerprint density at radius 3 is 2.06 bits per heavy atom. The minimum Gasteiger partial charge on any atom is -0.309 e. The van der Waals surface area contributed by atoms with Gasteiger partial charge in [-0.25, -0.2) is 8.42 Å². The number of hydrogen-bond acceptors (Lipinski definition) is 5. The Morgan fingerprint density at radius 2 is 1.61 bits per heavy atom. The molecule has 0 aliphatic rings. The minimum atomic E-state index is -3.64. The lowest BCUT2D eigenvalue weighted by atomic mass is 10.2. The first-order chi connectivity index (χ1) is 8.33. The second-order valence-corrected chi connectivity index (χ2v) is 7.49. The van der Waals surface area contributed by atoms with Crippen molar-refractivity contribution < 1.29 is 22.0 Å². The van der Waals surface area contributed by atoms with Gasteiger partial charge in [0.05, 0.1) is 4.90 Å². The number of benzene rings is 1. The lowest BCUT2D eigenvalue weighted by molar-refractivity contribution is 0.286. The number of sulfone groups is 1. The molecule has 0 spiro atoms. The van der Waals surface area contributed by atoms with Crippen molar-refractivity contribution in [2.75, 3.05) is 14.2 Å². The molecule has 0 amide bonds. The maximum Gasteiger partial charge on any atom is 0.354 e. The van der Waals surface area contributed by atoms with Crippen LogP contribution in [-0.4, -0.2) is 22.6 Å². The molecule has 0 aromatic heterocycles. The summed E-state index contributed by atoms with van der Waals surface area (Å²) >= 11 is 0. The Morgan fingerprint density at radius 1 is 1.11 bits per heavy atom. The first-order valence-electron chi connectivity index (χ1n) is 5.05. The quantitative estimate of drug-likeness (QED) is 0.780. The highest BCUT2D eigenvalue weighted by Crippen LogP contribution is 2.48. The van der Waals surface area contributed by atoms with E-state index in [2.05, 4.69) is 9.05 Å². The van der Waals surface area contributed by atoms with E-state index >= 15 is 0 Å². The van der Waals surface area contributed by atoms with E-state index in [0.717, 1.165) is 16.8 Å². The van der Waals surface area contributed by atoms with Crippen LogP contribution in [0.1, 0.15) is 5.56 Å². The Labute approximate surface area is 107 Å². The molecular weight excluding hydrogens is 275 g/mol. The van der Waals surface area contributed by atoms with Gasteiger partial charge in [0.2, 0.25) is 0 Å². The van der Waals surface area contributed by atoms with E-state index in [1.54, 1.807) is 12.1 Å². The van der Waals surface area contributed by atoms with Gasteiger partial charge >= 0.3 is 7.60 Å². The third-order valence-corrected chi connectivity index (χ3v) is 5.44. The van der Waals surface area contributed by atoms with Crippen LogP contribution in [-0.2, 0) is 23.4 Å². The Balaban J connectivity index is 3.06. The highest BCUT2D eigenvalue weighted by Gasteiger charge is 2.19. The summed E-state index contributed by atoms with van der Waals surface area (Å²) in [5, 5.41) is 0.839. The van der Waals surface area contributed by atoms with Crippen molar-refractivity contribution in [2.24, 2.45) is 0 Å². The molecule has 0 atom stereocenters. The van der Waals surface area contributed by atoms with Crippen molar-refractivity contribution in [1.29, 1.82) is 0 Å². The summed E-state index contributed by atoms with van der Waals surface area (Å²) in [7, 11) is -4.74. The van der Waals surface area contributed by atoms with Gasteiger partial charge in [0.15, 0.2) is 9.84 Å². The van der Waals surface area contributed by atoms with Crippen molar-refractivity contribution >= 4 is 17.4 Å². The molecule has 0 unspecified atom stereocenters. The van der Waals surface area contributed by atoms with Crippen molar-refractivity contribution in [3.8, 4) is 0 Å². The highest BCUT2D eigenvalue weighted by atomic mass is 32.2. The molecule has 1 rings (SSSR count). The highest BCUT2D eigenvalue weighted by molar-refractivity contribution is 7.94. The van der Waals surface area contributed by atoms with E-state index < -0.39 is 17.4 Å². The van der Waals surface area contributed by atoms with E-state index in [1.165, 1.54) is 26.4 Å². The van der Waals surface area contributed by atoms with Gasteiger partial charge in [-0.05, 0) is 19.1 Å². The van der Waals surface area contributed by atoms with Gasteiger partial charge < -0.3 is 9.05 Å². The largest absolute Gasteiger partial charge is 0.354 e. The molecule has 0 N–H and O–H groups in total.